The molecule has 26 heavy (non-hydrogen) atoms. The summed E-state index contributed by atoms with van der Waals surface area (Å²) in [5, 5.41) is 0. The van der Waals surface area contributed by atoms with Crippen molar-refractivity contribution in [1.29, 1.82) is 0 Å². The summed E-state index contributed by atoms with van der Waals surface area (Å²) in [6, 6.07) is 1.98. The number of nitrogens with zero attached hydrogens (tertiary/aromatic N) is 2. The van der Waals surface area contributed by atoms with E-state index in [-0.39, 0.29) is 47.3 Å². The van der Waals surface area contributed by atoms with Gasteiger partial charge >= 0.3 is 0 Å². The second-order valence-electron chi connectivity index (χ2n) is 7.12. The molecule has 0 spiro atoms. The molecule has 1 aromatic rings. The van der Waals surface area contributed by atoms with Crippen molar-refractivity contribution in [3.63, 3.8) is 0 Å². The molecule has 3 heterocycles. The number of hydrogen-bond donors (Lipinski definition) is 2. The van der Waals surface area contributed by atoms with E-state index < -0.39 is 0 Å². The Balaban J connectivity index is 0.00000243. The van der Waals surface area contributed by atoms with E-state index in [2.05, 4.69) is 4.98 Å². The zero-order chi connectivity index (χ0) is 18.1. The normalized spacial score (nSPS) is 22.7. The molecule has 2 saturated heterocycles. The van der Waals surface area contributed by atoms with Gasteiger partial charge in [-0.1, -0.05) is 0 Å². The van der Waals surface area contributed by atoms with Crippen LogP contribution in [0.5, 0.6) is 0 Å². The zero-order valence-electron chi connectivity index (χ0n) is 15.3. The lowest BCUT2D eigenvalue weighted by Gasteiger charge is -2.47. The predicted octanol–water partition coefficient (Wildman–Crippen LogP) is 0.825. The third-order valence-electron chi connectivity index (χ3n) is 5.38. The summed E-state index contributed by atoms with van der Waals surface area (Å²) >= 11 is 0. The topological polar surface area (TPSA) is 99.5 Å². The molecule has 2 amide bonds. The Morgan fingerprint density at radius 2 is 2.04 bits per heavy atom. The maximum Gasteiger partial charge on any atom is 0.261 e. The van der Waals surface area contributed by atoms with E-state index in [0.717, 1.165) is 18.5 Å². The lowest BCUT2D eigenvalue weighted by atomic mass is 9.83. The predicted molar refractivity (Wildman–Crippen MR) is 102 cm³/mol. The zero-order valence-corrected chi connectivity index (χ0v) is 16.1. The number of piperidine rings is 2. The monoisotopic (exact) mass is 382 g/mol. The van der Waals surface area contributed by atoms with Gasteiger partial charge in [0.2, 0.25) is 5.91 Å². The van der Waals surface area contributed by atoms with Crippen LogP contribution in [0, 0.1) is 19.8 Å². The molecule has 0 aromatic carbocycles. The fourth-order valence-corrected chi connectivity index (χ4v) is 4.24. The molecule has 0 aliphatic carbocycles. The van der Waals surface area contributed by atoms with Crippen LogP contribution in [0.15, 0.2) is 10.9 Å². The average Bonchev–Trinajstić information content (AvgIpc) is 2.56. The van der Waals surface area contributed by atoms with E-state index in [1.54, 1.807) is 18.7 Å². The number of nitrogens with two attached hydrogens (primary N) is 1. The Labute approximate surface area is 159 Å². The number of H-pyrrole nitrogens is 1. The average molecular weight is 383 g/mol. The van der Waals surface area contributed by atoms with E-state index in [1.165, 1.54) is 0 Å². The SMILES string of the molecule is Cc1cc(C)c(C(=O)N2CC[C@@H]3[C@@H](CCC(=O)N3CCN)C2)c(=O)[nH]1.Cl. The third-order valence-corrected chi connectivity index (χ3v) is 5.38. The molecular formula is C18H27ClN4O3. The second kappa shape index (κ2) is 8.22. The van der Waals surface area contributed by atoms with Crippen LogP contribution < -0.4 is 11.3 Å². The second-order valence-corrected chi connectivity index (χ2v) is 7.12. The standard InChI is InChI=1S/C18H26N4O3.ClH/c1-11-9-12(2)20-17(24)16(11)18(25)21-7-5-14-13(10-21)3-4-15(23)22(14)8-6-19;/h9,13-14H,3-8,10,19H2,1-2H3,(H,20,24);1H/t13-,14+;/m0./s1. The van der Waals surface area contributed by atoms with Crippen LogP contribution in [0.4, 0.5) is 0 Å². The number of pyridine rings is 1. The molecule has 144 valence electrons. The van der Waals surface area contributed by atoms with Crippen LogP contribution >= 0.6 is 12.4 Å². The highest BCUT2D eigenvalue weighted by atomic mass is 35.5. The van der Waals surface area contributed by atoms with Crippen molar-refractivity contribution in [3.05, 3.63) is 33.2 Å². The number of carbonyl (C=O) groups is 2. The summed E-state index contributed by atoms with van der Waals surface area (Å²) in [5.41, 5.74) is 7.01. The Kier molecular flexibility index (Phi) is 6.47. The van der Waals surface area contributed by atoms with Crippen LogP contribution in [0.1, 0.15) is 40.9 Å². The number of aromatic amines is 1. The first kappa shape index (κ1) is 20.5. The largest absolute Gasteiger partial charge is 0.338 e. The van der Waals surface area contributed by atoms with Gasteiger partial charge in [0.25, 0.3) is 11.5 Å². The quantitative estimate of drug-likeness (QED) is 0.808. The first-order chi connectivity index (χ1) is 11.9. The molecule has 7 nitrogen and oxygen atoms in total. The first-order valence-corrected chi connectivity index (χ1v) is 8.91. The summed E-state index contributed by atoms with van der Waals surface area (Å²) in [5.74, 6) is 0.212. The van der Waals surface area contributed by atoms with Crippen molar-refractivity contribution in [2.45, 2.75) is 39.2 Å². The summed E-state index contributed by atoms with van der Waals surface area (Å²) in [4.78, 5) is 43.7. The minimum atomic E-state index is -0.326. The molecule has 1 aromatic heterocycles. The Hall–Kier alpha value is -1.86. The van der Waals surface area contributed by atoms with Gasteiger partial charge in [-0.15, -0.1) is 12.4 Å². The van der Waals surface area contributed by atoms with Crippen LogP contribution in [0.25, 0.3) is 0 Å². The molecule has 0 bridgehead atoms. The van der Waals surface area contributed by atoms with Crippen molar-refractivity contribution in [2.24, 2.45) is 11.7 Å². The number of rotatable bonds is 3. The van der Waals surface area contributed by atoms with E-state index in [1.807, 2.05) is 11.0 Å². The highest BCUT2D eigenvalue weighted by Gasteiger charge is 2.40. The van der Waals surface area contributed by atoms with E-state index in [4.69, 9.17) is 5.73 Å². The molecule has 2 aliphatic rings. The number of aromatic nitrogens is 1. The highest BCUT2D eigenvalue weighted by Crippen LogP contribution is 2.31. The van der Waals surface area contributed by atoms with Crippen molar-refractivity contribution in [2.75, 3.05) is 26.2 Å². The number of likely N-dealkylation sites (tertiary alicyclic amines) is 2. The molecule has 3 rings (SSSR count). The van der Waals surface area contributed by atoms with Crippen molar-refractivity contribution in [1.82, 2.24) is 14.8 Å². The van der Waals surface area contributed by atoms with Crippen LogP contribution in [0.2, 0.25) is 0 Å². The first-order valence-electron chi connectivity index (χ1n) is 8.91. The Bertz CT molecular complexity index is 748. The molecule has 3 N–H and O–H groups in total. The van der Waals surface area contributed by atoms with Gasteiger partial charge in [0.05, 0.1) is 0 Å². The van der Waals surface area contributed by atoms with Gasteiger partial charge in [-0.25, -0.2) is 0 Å². The molecule has 2 fully saturated rings. The van der Waals surface area contributed by atoms with E-state index >= 15 is 0 Å². The van der Waals surface area contributed by atoms with E-state index in [9.17, 15) is 14.4 Å². The van der Waals surface area contributed by atoms with Gasteiger partial charge < -0.3 is 20.5 Å². The molecule has 0 radical (unpaired) electrons. The molecule has 8 heteroatoms. The lowest BCUT2D eigenvalue weighted by Crippen LogP contribution is -2.58. The number of nitrogens with one attached hydrogen (secondary N) is 1. The van der Waals surface area contributed by atoms with Gasteiger partial charge in [-0.2, -0.15) is 0 Å². The summed E-state index contributed by atoms with van der Waals surface area (Å²) < 4.78 is 0. The van der Waals surface area contributed by atoms with Gasteiger partial charge in [0, 0.05) is 44.3 Å². The number of carbonyl (C=O) groups excluding carboxylic acids is 2. The van der Waals surface area contributed by atoms with Crippen molar-refractivity contribution >= 4 is 24.2 Å². The molecule has 0 unspecified atom stereocenters. The number of fused-ring (bicyclic) bond motifs is 1. The van der Waals surface area contributed by atoms with Crippen LogP contribution in [-0.4, -0.2) is 58.8 Å². The van der Waals surface area contributed by atoms with Gasteiger partial charge in [0.15, 0.2) is 0 Å². The number of aryl methyl sites for hydroxylation is 2. The summed E-state index contributed by atoms with van der Waals surface area (Å²) in [7, 11) is 0. The van der Waals surface area contributed by atoms with E-state index in [0.29, 0.717) is 38.2 Å². The van der Waals surface area contributed by atoms with Crippen molar-refractivity contribution < 1.29 is 9.59 Å². The fourth-order valence-electron chi connectivity index (χ4n) is 4.24. The fraction of sp³-hybridized carbons (Fsp3) is 0.611. The van der Waals surface area contributed by atoms with Gasteiger partial charge in [0.1, 0.15) is 5.56 Å². The summed E-state index contributed by atoms with van der Waals surface area (Å²) in [6.45, 7) is 5.77. The van der Waals surface area contributed by atoms with Crippen LogP contribution in [0.3, 0.4) is 0 Å². The Morgan fingerprint density at radius 3 is 2.69 bits per heavy atom. The maximum atomic E-state index is 12.9. The van der Waals surface area contributed by atoms with Gasteiger partial charge in [-0.05, 0) is 44.2 Å². The number of hydrogen-bond acceptors (Lipinski definition) is 4. The maximum absolute atomic E-state index is 12.9. The molecule has 0 saturated carbocycles. The smallest absolute Gasteiger partial charge is 0.261 e. The highest BCUT2D eigenvalue weighted by molar-refractivity contribution is 5.95. The molecular weight excluding hydrogens is 356 g/mol. The lowest BCUT2D eigenvalue weighted by molar-refractivity contribution is -0.140. The Morgan fingerprint density at radius 1 is 1.31 bits per heavy atom. The minimum Gasteiger partial charge on any atom is -0.338 e. The van der Waals surface area contributed by atoms with Gasteiger partial charge in [-0.3, -0.25) is 14.4 Å². The molecule has 2 aliphatic heterocycles. The third kappa shape index (κ3) is 3.78. The minimum absolute atomic E-state index is 0. The van der Waals surface area contributed by atoms with Crippen molar-refractivity contribution in [3.8, 4) is 0 Å². The van der Waals surface area contributed by atoms with Crippen LogP contribution in [-0.2, 0) is 4.79 Å². The summed E-state index contributed by atoms with van der Waals surface area (Å²) in [6.07, 6.45) is 2.04. The number of amides is 2. The number of halogens is 1. The molecule has 2 atom stereocenters.